The third-order valence-electron chi connectivity index (χ3n) is 2.12. The summed E-state index contributed by atoms with van der Waals surface area (Å²) in [5, 5.41) is 17.5. The molecule has 4 nitrogen and oxygen atoms in total. The van der Waals surface area contributed by atoms with Crippen molar-refractivity contribution in [2.75, 3.05) is 0 Å². The van der Waals surface area contributed by atoms with Crippen LogP contribution in [0.4, 0.5) is 0 Å². The van der Waals surface area contributed by atoms with Crippen LogP contribution in [0.1, 0.15) is 18.1 Å². The minimum atomic E-state index is -1.30. The maximum atomic E-state index is 10.8. The summed E-state index contributed by atoms with van der Waals surface area (Å²) in [6.45, 7) is 1.45. The lowest BCUT2D eigenvalue weighted by molar-refractivity contribution is -0.142. The van der Waals surface area contributed by atoms with E-state index < -0.39 is 11.5 Å². The molecular formula is C11H12N2O2. The van der Waals surface area contributed by atoms with E-state index in [4.69, 9.17) is 16.1 Å². The van der Waals surface area contributed by atoms with Crippen molar-refractivity contribution in [1.82, 2.24) is 0 Å². The molecule has 0 saturated heterocycles. The van der Waals surface area contributed by atoms with Crippen LogP contribution in [-0.2, 0) is 11.2 Å². The van der Waals surface area contributed by atoms with Gasteiger partial charge < -0.3 is 10.8 Å². The van der Waals surface area contributed by atoms with E-state index in [0.717, 1.165) is 5.56 Å². The third-order valence-corrected chi connectivity index (χ3v) is 2.12. The van der Waals surface area contributed by atoms with Gasteiger partial charge in [-0.2, -0.15) is 5.26 Å². The van der Waals surface area contributed by atoms with Crippen LogP contribution in [0.15, 0.2) is 24.3 Å². The van der Waals surface area contributed by atoms with Gasteiger partial charge in [-0.1, -0.05) is 12.1 Å². The van der Waals surface area contributed by atoms with Crippen LogP contribution >= 0.6 is 0 Å². The predicted molar refractivity (Wildman–Crippen MR) is 55.1 cm³/mol. The van der Waals surface area contributed by atoms with Gasteiger partial charge in [-0.05, 0) is 24.6 Å². The number of rotatable bonds is 3. The Hall–Kier alpha value is -1.86. The summed E-state index contributed by atoms with van der Waals surface area (Å²) in [7, 11) is 0. The zero-order valence-corrected chi connectivity index (χ0v) is 8.40. The number of aliphatic carboxylic acids is 1. The van der Waals surface area contributed by atoms with E-state index in [-0.39, 0.29) is 6.42 Å². The highest BCUT2D eigenvalue weighted by Crippen LogP contribution is 2.12. The van der Waals surface area contributed by atoms with Crippen molar-refractivity contribution < 1.29 is 9.90 Å². The number of benzene rings is 1. The smallest absolute Gasteiger partial charge is 0.323 e. The van der Waals surface area contributed by atoms with Gasteiger partial charge in [-0.15, -0.1) is 0 Å². The first-order valence-electron chi connectivity index (χ1n) is 4.47. The summed E-state index contributed by atoms with van der Waals surface area (Å²) >= 11 is 0. The third kappa shape index (κ3) is 2.79. The molecule has 0 radical (unpaired) electrons. The Labute approximate surface area is 87.9 Å². The summed E-state index contributed by atoms with van der Waals surface area (Å²) < 4.78 is 0. The van der Waals surface area contributed by atoms with Crippen molar-refractivity contribution in [3.05, 3.63) is 35.4 Å². The number of nitrogens with two attached hydrogens (primary N) is 1. The quantitative estimate of drug-likeness (QED) is 0.765. The monoisotopic (exact) mass is 204 g/mol. The second kappa shape index (κ2) is 4.11. The van der Waals surface area contributed by atoms with E-state index in [1.54, 1.807) is 24.3 Å². The maximum Gasteiger partial charge on any atom is 0.323 e. The number of carboxylic acid groups (broad SMARTS) is 1. The van der Waals surface area contributed by atoms with Crippen LogP contribution in [0.2, 0.25) is 0 Å². The number of carboxylic acids is 1. The lowest BCUT2D eigenvalue weighted by Crippen LogP contribution is -2.46. The molecule has 0 spiro atoms. The lowest BCUT2D eigenvalue weighted by atomic mass is 9.93. The molecule has 1 rings (SSSR count). The van der Waals surface area contributed by atoms with E-state index in [0.29, 0.717) is 5.56 Å². The van der Waals surface area contributed by atoms with Gasteiger partial charge in [-0.3, -0.25) is 4.79 Å². The number of hydrogen-bond acceptors (Lipinski definition) is 3. The van der Waals surface area contributed by atoms with Crippen molar-refractivity contribution in [3.8, 4) is 6.07 Å². The Bertz CT molecular complexity index is 419. The van der Waals surface area contributed by atoms with Crippen LogP contribution in [0.3, 0.4) is 0 Å². The average molecular weight is 204 g/mol. The van der Waals surface area contributed by atoms with Crippen molar-refractivity contribution in [3.63, 3.8) is 0 Å². The van der Waals surface area contributed by atoms with Gasteiger partial charge in [0.05, 0.1) is 11.6 Å². The molecule has 4 heteroatoms. The van der Waals surface area contributed by atoms with Crippen LogP contribution in [0.5, 0.6) is 0 Å². The van der Waals surface area contributed by atoms with E-state index in [9.17, 15) is 4.79 Å². The molecule has 0 heterocycles. The van der Waals surface area contributed by atoms with Crippen molar-refractivity contribution in [1.29, 1.82) is 5.26 Å². The molecule has 0 bridgehead atoms. The molecule has 0 aliphatic rings. The predicted octanol–water partition coefficient (Wildman–Crippen LogP) is 0.903. The fourth-order valence-electron chi connectivity index (χ4n) is 1.25. The second-order valence-electron chi connectivity index (χ2n) is 3.71. The SMILES string of the molecule is CC(N)(Cc1cccc(C#N)c1)C(=O)O. The number of carbonyl (C=O) groups is 1. The molecule has 1 unspecified atom stereocenters. The number of nitrogens with zero attached hydrogens (tertiary/aromatic N) is 1. The van der Waals surface area contributed by atoms with Crippen molar-refractivity contribution in [2.24, 2.45) is 5.73 Å². The first-order chi connectivity index (χ1) is 6.95. The van der Waals surface area contributed by atoms with Gasteiger partial charge in [0, 0.05) is 6.42 Å². The molecule has 78 valence electrons. The summed E-state index contributed by atoms with van der Waals surface area (Å²) in [4.78, 5) is 10.8. The first kappa shape index (κ1) is 11.2. The van der Waals surface area contributed by atoms with Gasteiger partial charge in [0.25, 0.3) is 0 Å². The van der Waals surface area contributed by atoms with Crippen LogP contribution in [-0.4, -0.2) is 16.6 Å². The van der Waals surface area contributed by atoms with Crippen LogP contribution < -0.4 is 5.73 Å². The van der Waals surface area contributed by atoms with Gasteiger partial charge >= 0.3 is 5.97 Å². The first-order valence-corrected chi connectivity index (χ1v) is 4.47. The molecule has 0 fully saturated rings. The Kier molecular flexibility index (Phi) is 3.08. The molecule has 1 aromatic carbocycles. The van der Waals surface area contributed by atoms with Gasteiger partial charge in [0.1, 0.15) is 5.54 Å². The Morgan fingerprint density at radius 3 is 2.87 bits per heavy atom. The standard InChI is InChI=1S/C11H12N2O2/c1-11(13,10(14)15)6-8-3-2-4-9(5-8)7-12/h2-5H,6,13H2,1H3,(H,14,15). The molecule has 15 heavy (non-hydrogen) atoms. The van der Waals surface area contributed by atoms with Crippen LogP contribution in [0, 0.1) is 11.3 Å². The summed E-state index contributed by atoms with van der Waals surface area (Å²) in [5.74, 6) is -1.05. The zero-order valence-electron chi connectivity index (χ0n) is 8.40. The summed E-state index contributed by atoms with van der Waals surface area (Å²) in [5.41, 5.74) is 5.56. The zero-order chi connectivity index (χ0) is 11.5. The highest BCUT2D eigenvalue weighted by molar-refractivity contribution is 5.78. The molecule has 1 atom stereocenters. The number of hydrogen-bond donors (Lipinski definition) is 2. The molecule has 3 N–H and O–H groups in total. The molecule has 0 saturated carbocycles. The van der Waals surface area contributed by atoms with E-state index in [1.165, 1.54) is 6.92 Å². The summed E-state index contributed by atoms with van der Waals surface area (Å²) in [6, 6.07) is 8.78. The van der Waals surface area contributed by atoms with Gasteiger partial charge in [-0.25, -0.2) is 0 Å². The minimum absolute atomic E-state index is 0.206. The van der Waals surface area contributed by atoms with Gasteiger partial charge in [0.15, 0.2) is 0 Å². The topological polar surface area (TPSA) is 87.1 Å². The Morgan fingerprint density at radius 1 is 1.67 bits per heavy atom. The van der Waals surface area contributed by atoms with Crippen molar-refractivity contribution >= 4 is 5.97 Å². The highest BCUT2D eigenvalue weighted by atomic mass is 16.4. The molecule has 0 aliphatic heterocycles. The lowest BCUT2D eigenvalue weighted by Gasteiger charge is -2.18. The normalized spacial score (nSPS) is 13.9. The minimum Gasteiger partial charge on any atom is -0.480 e. The van der Waals surface area contributed by atoms with E-state index >= 15 is 0 Å². The second-order valence-corrected chi connectivity index (χ2v) is 3.71. The van der Waals surface area contributed by atoms with Crippen molar-refractivity contribution in [2.45, 2.75) is 18.9 Å². The molecule has 0 aliphatic carbocycles. The molecule has 0 amide bonds. The molecule has 0 aromatic heterocycles. The Balaban J connectivity index is 2.91. The fourth-order valence-corrected chi connectivity index (χ4v) is 1.25. The van der Waals surface area contributed by atoms with E-state index in [2.05, 4.69) is 0 Å². The summed E-state index contributed by atoms with van der Waals surface area (Å²) in [6.07, 6.45) is 0.206. The Morgan fingerprint density at radius 2 is 2.33 bits per heavy atom. The number of nitriles is 1. The molecule has 1 aromatic rings. The van der Waals surface area contributed by atoms with Gasteiger partial charge in [0.2, 0.25) is 0 Å². The van der Waals surface area contributed by atoms with E-state index in [1.807, 2.05) is 6.07 Å². The average Bonchev–Trinajstić information content (AvgIpc) is 2.17. The maximum absolute atomic E-state index is 10.8. The largest absolute Gasteiger partial charge is 0.480 e. The fraction of sp³-hybridized carbons (Fsp3) is 0.273. The highest BCUT2D eigenvalue weighted by Gasteiger charge is 2.27. The van der Waals surface area contributed by atoms with Crippen LogP contribution in [0.25, 0.3) is 0 Å². The molecular weight excluding hydrogens is 192 g/mol.